The predicted octanol–water partition coefficient (Wildman–Crippen LogP) is 0.215. The van der Waals surface area contributed by atoms with Gasteiger partial charge in [0, 0.05) is 37.2 Å². The van der Waals surface area contributed by atoms with E-state index >= 15 is 0 Å². The van der Waals surface area contributed by atoms with Gasteiger partial charge in [0.1, 0.15) is 11.1 Å². The second-order valence-electron chi connectivity index (χ2n) is 5.94. The number of thiophene rings is 1. The molecule has 1 unspecified atom stereocenters. The second-order valence-corrected chi connectivity index (χ2v) is 9.63. The number of nitrogens with zero attached hydrogens (tertiary/aromatic N) is 1. The average molecular weight is 447 g/mol. The summed E-state index contributed by atoms with van der Waals surface area (Å²) in [4.78, 5) is 38.0. The minimum Gasteiger partial charge on any atom is -0.610 e. The van der Waals surface area contributed by atoms with Crippen LogP contribution in [0.1, 0.15) is 0 Å². The fourth-order valence-electron chi connectivity index (χ4n) is 3.05. The van der Waals surface area contributed by atoms with Crippen LogP contribution in [-0.2, 0) is 35.0 Å². The highest BCUT2D eigenvalue weighted by Crippen LogP contribution is 2.46. The molecule has 2 aliphatic heterocycles. The lowest BCUT2D eigenvalue weighted by atomic mass is 9.98. The van der Waals surface area contributed by atoms with E-state index < -0.39 is 40.1 Å². The smallest absolute Gasteiger partial charge is 0.352 e. The Hall–Kier alpha value is -1.57. The molecule has 1 aromatic rings. The van der Waals surface area contributed by atoms with Crippen LogP contribution in [-0.4, -0.2) is 75.8 Å². The first kappa shape index (κ1) is 21.1. The number of carbonyl (C=O) groups excluding carboxylic acids is 2. The highest BCUT2D eigenvalue weighted by molar-refractivity contribution is 8.00. The molecule has 0 aliphatic carbocycles. The van der Waals surface area contributed by atoms with Crippen molar-refractivity contribution in [2.24, 2.45) is 0 Å². The molecule has 0 aromatic carbocycles. The molecule has 9 nitrogen and oxygen atoms in total. The van der Waals surface area contributed by atoms with Gasteiger partial charge in [0.15, 0.2) is 5.75 Å². The summed E-state index contributed by atoms with van der Waals surface area (Å²) in [5.74, 6) is -2.57. The molecule has 1 aromatic heterocycles. The van der Waals surface area contributed by atoms with Crippen LogP contribution in [0.5, 0.6) is 0 Å². The molecule has 1 fully saturated rings. The van der Waals surface area contributed by atoms with Crippen molar-refractivity contribution in [3.8, 4) is 0 Å². The molecule has 2 amide bonds. The Morgan fingerprint density at radius 3 is 2.82 bits per heavy atom. The van der Waals surface area contributed by atoms with Crippen LogP contribution in [0.3, 0.4) is 0 Å². The molecular formula is C16H18N2O7S3. The Bertz CT molecular complexity index is 813. The van der Waals surface area contributed by atoms with E-state index in [4.69, 9.17) is 9.47 Å². The van der Waals surface area contributed by atoms with Gasteiger partial charge in [0.25, 0.3) is 17.5 Å². The van der Waals surface area contributed by atoms with Gasteiger partial charge in [-0.1, -0.05) is 11.3 Å². The molecular weight excluding hydrogens is 428 g/mol. The standard InChI is InChI=1S/C16H18N2O7S3/c1-24-6-9-7-27-15-16(25-2,14(22)18(15)12(9)13(20)21)17-10(19)8-28(23)11-4-3-5-26-11/h3-5,15H,6-8H2,1-2H3,(H,17,19)(H,20,21)/t15-,16-,28?/m0/s1. The third-order valence-electron chi connectivity index (χ3n) is 4.26. The molecule has 152 valence electrons. The van der Waals surface area contributed by atoms with Crippen molar-refractivity contribution >= 4 is 52.1 Å². The summed E-state index contributed by atoms with van der Waals surface area (Å²) < 4.78 is 23.1. The van der Waals surface area contributed by atoms with E-state index in [9.17, 15) is 24.0 Å². The van der Waals surface area contributed by atoms with Crippen LogP contribution in [0.15, 0.2) is 33.0 Å². The summed E-state index contributed by atoms with van der Waals surface area (Å²) in [6.07, 6.45) is 0. The van der Waals surface area contributed by atoms with E-state index in [0.29, 0.717) is 15.5 Å². The van der Waals surface area contributed by atoms with Crippen molar-refractivity contribution in [3.63, 3.8) is 0 Å². The van der Waals surface area contributed by atoms with Gasteiger partial charge in [-0.25, -0.2) is 4.79 Å². The normalized spacial score (nSPS) is 25.2. The first-order valence-corrected chi connectivity index (χ1v) is 11.3. The number of ether oxygens (including phenoxy) is 2. The summed E-state index contributed by atoms with van der Waals surface area (Å²) in [5.41, 5.74) is -1.38. The zero-order valence-corrected chi connectivity index (χ0v) is 17.4. The number of carboxylic acids is 1. The van der Waals surface area contributed by atoms with Gasteiger partial charge in [-0.05, 0) is 17.0 Å². The molecule has 0 bridgehead atoms. The Morgan fingerprint density at radius 2 is 2.25 bits per heavy atom. The lowest BCUT2D eigenvalue weighted by Gasteiger charge is -2.55. The van der Waals surface area contributed by atoms with Gasteiger partial charge in [0.2, 0.25) is 4.21 Å². The molecule has 3 rings (SSSR count). The summed E-state index contributed by atoms with van der Waals surface area (Å²) >= 11 is 0.995. The van der Waals surface area contributed by atoms with Crippen molar-refractivity contribution in [1.29, 1.82) is 0 Å². The number of hydrogen-bond donors (Lipinski definition) is 2. The summed E-state index contributed by atoms with van der Waals surface area (Å²) in [6.45, 7) is 0.0806. The minimum atomic E-state index is -1.69. The Kier molecular flexibility index (Phi) is 6.37. The van der Waals surface area contributed by atoms with E-state index in [1.807, 2.05) is 0 Å². The summed E-state index contributed by atoms with van der Waals surface area (Å²) in [7, 11) is 2.70. The molecule has 0 radical (unpaired) electrons. The van der Waals surface area contributed by atoms with E-state index in [0.717, 1.165) is 4.90 Å². The highest BCUT2D eigenvalue weighted by Gasteiger charge is 2.66. The number of hydrogen-bond acceptors (Lipinski definition) is 8. The topological polar surface area (TPSA) is 128 Å². The molecule has 28 heavy (non-hydrogen) atoms. The fourth-order valence-corrected chi connectivity index (χ4v) is 6.38. The molecule has 3 atom stereocenters. The maximum atomic E-state index is 12.8. The van der Waals surface area contributed by atoms with E-state index in [1.54, 1.807) is 17.5 Å². The van der Waals surface area contributed by atoms with Crippen LogP contribution in [0.25, 0.3) is 0 Å². The lowest BCUT2D eigenvalue weighted by Crippen LogP contribution is -2.81. The molecule has 2 N–H and O–H groups in total. The molecule has 3 heterocycles. The largest absolute Gasteiger partial charge is 0.610 e. The highest BCUT2D eigenvalue weighted by atomic mass is 32.2. The minimum absolute atomic E-state index is 0.0806. The van der Waals surface area contributed by atoms with Gasteiger partial charge in [-0.15, -0.1) is 11.8 Å². The number of nitrogens with one attached hydrogen (secondary N) is 1. The first-order valence-electron chi connectivity index (χ1n) is 8.03. The Balaban J connectivity index is 1.77. The number of fused-ring (bicyclic) bond motifs is 1. The van der Waals surface area contributed by atoms with E-state index in [2.05, 4.69) is 5.32 Å². The van der Waals surface area contributed by atoms with E-state index in [1.165, 1.54) is 37.3 Å². The van der Waals surface area contributed by atoms with E-state index in [-0.39, 0.29) is 18.1 Å². The summed E-state index contributed by atoms with van der Waals surface area (Å²) in [6, 6.07) is 3.39. The zero-order valence-electron chi connectivity index (χ0n) is 15.0. The van der Waals surface area contributed by atoms with Gasteiger partial charge in [0.05, 0.1) is 6.61 Å². The van der Waals surface area contributed by atoms with Crippen LogP contribution < -0.4 is 5.32 Å². The van der Waals surface area contributed by atoms with Crippen molar-refractivity contribution in [3.05, 3.63) is 28.8 Å². The van der Waals surface area contributed by atoms with Crippen LogP contribution >= 0.6 is 23.1 Å². The number of carbonyl (C=O) groups is 3. The van der Waals surface area contributed by atoms with Crippen molar-refractivity contribution in [2.45, 2.75) is 15.3 Å². The molecule has 1 saturated heterocycles. The lowest BCUT2D eigenvalue weighted by molar-refractivity contribution is -0.192. The molecule has 2 aliphatic rings. The van der Waals surface area contributed by atoms with Crippen molar-refractivity contribution < 1.29 is 33.5 Å². The third kappa shape index (κ3) is 3.55. The van der Waals surface area contributed by atoms with Gasteiger partial charge in [-0.2, -0.15) is 0 Å². The second kappa shape index (κ2) is 8.43. The quantitative estimate of drug-likeness (QED) is 0.330. The first-order chi connectivity index (χ1) is 13.4. The Morgan fingerprint density at radius 1 is 1.50 bits per heavy atom. The number of aliphatic carboxylic acids is 1. The van der Waals surface area contributed by atoms with Crippen LogP contribution in [0.2, 0.25) is 0 Å². The zero-order chi connectivity index (χ0) is 20.5. The van der Waals surface area contributed by atoms with Crippen LogP contribution in [0.4, 0.5) is 0 Å². The average Bonchev–Trinajstić information content (AvgIpc) is 3.20. The monoisotopic (exact) mass is 446 g/mol. The number of carboxylic acid groups (broad SMARTS) is 1. The predicted molar refractivity (Wildman–Crippen MR) is 103 cm³/mol. The number of methoxy groups -OCH3 is 2. The third-order valence-corrected chi connectivity index (χ3v) is 8.25. The summed E-state index contributed by atoms with van der Waals surface area (Å²) in [5, 5.41) is 13.1. The van der Waals surface area contributed by atoms with Gasteiger partial charge < -0.3 is 24.4 Å². The Labute approximate surface area is 172 Å². The van der Waals surface area contributed by atoms with Crippen molar-refractivity contribution in [1.82, 2.24) is 10.2 Å². The number of rotatable bonds is 8. The number of thioether (sulfide) groups is 1. The number of amides is 2. The number of β-lactam (4-membered cyclic amide) rings is 1. The molecule has 12 heteroatoms. The maximum Gasteiger partial charge on any atom is 0.352 e. The fraction of sp³-hybridized carbons (Fsp3) is 0.438. The van der Waals surface area contributed by atoms with Gasteiger partial charge >= 0.3 is 5.97 Å². The maximum absolute atomic E-state index is 12.8. The van der Waals surface area contributed by atoms with Crippen LogP contribution in [0, 0.1) is 0 Å². The SMILES string of the molecule is COCC1=C(C(=O)O)N2C(=O)[C@](NC(=O)C[S+]([O-])c3cccs3)(OC)[C@@H]2SC1. The van der Waals surface area contributed by atoms with Gasteiger partial charge in [-0.3, -0.25) is 14.5 Å². The molecule has 0 saturated carbocycles. The van der Waals surface area contributed by atoms with Crippen molar-refractivity contribution in [2.75, 3.05) is 32.3 Å². The molecule has 0 spiro atoms.